The van der Waals surface area contributed by atoms with Crippen LogP contribution in [0.1, 0.15) is 64.1 Å². The van der Waals surface area contributed by atoms with Gasteiger partial charge in [0.05, 0.1) is 31.0 Å². The summed E-state index contributed by atoms with van der Waals surface area (Å²) in [6.45, 7) is 8.71. The molecule has 2 amide bonds. The lowest BCUT2D eigenvalue weighted by Crippen LogP contribution is -2.58. The molecule has 1 fully saturated rings. The number of H-pyrrole nitrogens is 1. The lowest BCUT2D eigenvalue weighted by atomic mass is 9.90. The number of rotatable bonds is 5. The van der Waals surface area contributed by atoms with Crippen LogP contribution in [0.15, 0.2) is 29.1 Å². The number of fused-ring (bicyclic) bond motifs is 1. The van der Waals surface area contributed by atoms with Crippen LogP contribution in [0.5, 0.6) is 0 Å². The molecule has 0 spiro atoms. The minimum atomic E-state index is -0.808. The maximum absolute atomic E-state index is 13.7. The number of unbranched alkanes of at least 4 members (excludes halogenated alkanes) is 1. The molecule has 0 bridgehead atoms. The number of nitrogens with one attached hydrogen (secondary N) is 1. The summed E-state index contributed by atoms with van der Waals surface area (Å²) in [6, 6.07) is 6.35. The second kappa shape index (κ2) is 11.2. The van der Waals surface area contributed by atoms with Gasteiger partial charge in [0.15, 0.2) is 0 Å². The molecule has 0 unspecified atom stereocenters. The lowest BCUT2D eigenvalue weighted by molar-refractivity contribution is -0.144. The summed E-state index contributed by atoms with van der Waals surface area (Å²) in [6.07, 6.45) is 2.17. The van der Waals surface area contributed by atoms with E-state index in [1.165, 1.54) is 4.90 Å². The van der Waals surface area contributed by atoms with Crippen LogP contribution >= 0.6 is 11.6 Å². The number of carbonyl (C=O) groups is 2. The Morgan fingerprint density at radius 3 is 2.65 bits per heavy atom. The molecule has 2 atom stereocenters. The van der Waals surface area contributed by atoms with Crippen molar-refractivity contribution >= 4 is 23.6 Å². The number of nitrogens with zero attached hydrogens (tertiary/aromatic N) is 3. The smallest absolute Gasteiger partial charge is 0.411 e. The van der Waals surface area contributed by atoms with E-state index in [-0.39, 0.29) is 37.1 Å². The van der Waals surface area contributed by atoms with Gasteiger partial charge >= 0.3 is 6.09 Å². The van der Waals surface area contributed by atoms with Gasteiger partial charge in [-0.3, -0.25) is 14.5 Å². The van der Waals surface area contributed by atoms with E-state index < -0.39 is 17.7 Å². The Hall–Kier alpha value is -2.91. The van der Waals surface area contributed by atoms with E-state index in [1.807, 2.05) is 12.1 Å². The predicted molar refractivity (Wildman–Crippen MR) is 141 cm³/mol. The third-order valence-corrected chi connectivity index (χ3v) is 6.85. The number of morpholine rings is 1. The van der Waals surface area contributed by atoms with Crippen molar-refractivity contribution in [2.45, 2.75) is 71.1 Å². The number of hydrogen-bond donors (Lipinski definition) is 1. The van der Waals surface area contributed by atoms with Gasteiger partial charge < -0.3 is 19.4 Å². The number of halogens is 1. The number of benzene rings is 1. The molecule has 0 aliphatic carbocycles. The van der Waals surface area contributed by atoms with Gasteiger partial charge in [0.25, 0.3) is 5.56 Å². The molecule has 1 N–H and O–H groups in total. The Labute approximate surface area is 222 Å². The molecule has 3 heterocycles. The van der Waals surface area contributed by atoms with Crippen LogP contribution < -0.4 is 5.56 Å². The lowest BCUT2D eigenvalue weighted by Gasteiger charge is -2.40. The summed E-state index contributed by atoms with van der Waals surface area (Å²) in [5, 5.41) is 0.603. The highest BCUT2D eigenvalue weighted by atomic mass is 35.5. The molecule has 4 rings (SSSR count). The van der Waals surface area contributed by atoms with Crippen LogP contribution in [-0.2, 0) is 20.8 Å². The Morgan fingerprint density at radius 1 is 1.24 bits per heavy atom. The van der Waals surface area contributed by atoms with Gasteiger partial charge in [-0.2, -0.15) is 0 Å². The van der Waals surface area contributed by atoms with E-state index in [1.54, 1.807) is 37.8 Å². The number of hydrogen-bond acceptors (Lipinski definition) is 6. The molecule has 200 valence electrons. The van der Waals surface area contributed by atoms with Crippen LogP contribution in [0.4, 0.5) is 4.79 Å². The molecule has 2 aliphatic rings. The Balaban J connectivity index is 1.63. The second-order valence-electron chi connectivity index (χ2n) is 10.6. The molecule has 9 nitrogen and oxygen atoms in total. The summed E-state index contributed by atoms with van der Waals surface area (Å²) >= 11 is 6.03. The van der Waals surface area contributed by atoms with Crippen LogP contribution in [-0.4, -0.2) is 69.7 Å². The Bertz CT molecular complexity index is 1190. The van der Waals surface area contributed by atoms with E-state index >= 15 is 0 Å². The summed E-state index contributed by atoms with van der Waals surface area (Å²) in [4.78, 5) is 50.7. The molecule has 2 aromatic rings. The minimum absolute atomic E-state index is 0.0885. The number of aromatic amines is 1. The van der Waals surface area contributed by atoms with Gasteiger partial charge in [0, 0.05) is 29.6 Å². The average molecular weight is 531 g/mol. The van der Waals surface area contributed by atoms with Gasteiger partial charge in [0.2, 0.25) is 5.91 Å². The van der Waals surface area contributed by atoms with E-state index in [2.05, 4.69) is 11.9 Å². The third kappa shape index (κ3) is 6.33. The average Bonchev–Trinajstić information content (AvgIpc) is 2.86. The molecular weight excluding hydrogens is 496 g/mol. The van der Waals surface area contributed by atoms with E-state index in [0.29, 0.717) is 29.6 Å². The molecule has 1 aromatic carbocycles. The third-order valence-electron chi connectivity index (χ3n) is 6.60. The van der Waals surface area contributed by atoms with Gasteiger partial charge in [-0.05, 0) is 51.5 Å². The van der Waals surface area contributed by atoms with Crippen LogP contribution in [0.25, 0.3) is 11.4 Å². The van der Waals surface area contributed by atoms with Crippen molar-refractivity contribution in [3.8, 4) is 11.4 Å². The van der Waals surface area contributed by atoms with Crippen molar-refractivity contribution in [2.75, 3.05) is 26.3 Å². The topological polar surface area (TPSA) is 105 Å². The second-order valence-corrected chi connectivity index (χ2v) is 11.0. The Kier molecular flexibility index (Phi) is 8.23. The molecule has 0 radical (unpaired) electrons. The van der Waals surface area contributed by atoms with E-state index in [9.17, 15) is 14.4 Å². The first kappa shape index (κ1) is 27.1. The molecule has 1 aromatic heterocycles. The summed E-state index contributed by atoms with van der Waals surface area (Å²) in [5.41, 5.74) is 1.04. The van der Waals surface area contributed by atoms with Crippen molar-refractivity contribution in [3.05, 3.63) is 50.9 Å². The van der Waals surface area contributed by atoms with Crippen molar-refractivity contribution in [1.82, 2.24) is 19.8 Å². The van der Waals surface area contributed by atoms with Crippen molar-refractivity contribution in [2.24, 2.45) is 0 Å². The number of carbonyl (C=O) groups excluding carboxylic acids is 2. The first-order chi connectivity index (χ1) is 17.6. The molecule has 0 saturated carbocycles. The van der Waals surface area contributed by atoms with Crippen LogP contribution in [0.2, 0.25) is 5.02 Å². The van der Waals surface area contributed by atoms with Crippen LogP contribution in [0, 0.1) is 0 Å². The molecular formula is C27H35ClN4O5. The highest BCUT2D eigenvalue weighted by Gasteiger charge is 2.40. The minimum Gasteiger partial charge on any atom is -0.444 e. The fourth-order valence-corrected chi connectivity index (χ4v) is 4.89. The monoisotopic (exact) mass is 530 g/mol. The van der Waals surface area contributed by atoms with E-state index in [0.717, 1.165) is 30.5 Å². The van der Waals surface area contributed by atoms with Crippen molar-refractivity contribution < 1.29 is 19.1 Å². The maximum Gasteiger partial charge on any atom is 0.411 e. The van der Waals surface area contributed by atoms with Gasteiger partial charge in [-0.15, -0.1) is 0 Å². The standard InChI is InChI=1S/C27H35ClN4O5/c1-5-6-7-18-14-31(25(34)21-16-36-13-12-32(21)26(35)37-27(2,3)4)15-20-22(18)29-23(30-24(20)33)17-8-10-19(28)11-9-17/h8-11,18,21H,5-7,12-16H2,1-4H3,(H,29,30,33)/t18-,21-/m0/s1. The summed E-state index contributed by atoms with van der Waals surface area (Å²) < 4.78 is 11.1. The molecule has 37 heavy (non-hydrogen) atoms. The zero-order chi connectivity index (χ0) is 26.7. The first-order valence-electron chi connectivity index (χ1n) is 12.8. The molecule has 10 heteroatoms. The molecule has 1 saturated heterocycles. The Morgan fingerprint density at radius 2 is 1.97 bits per heavy atom. The largest absolute Gasteiger partial charge is 0.444 e. The quantitative estimate of drug-likeness (QED) is 0.616. The number of amides is 2. The van der Waals surface area contributed by atoms with Gasteiger partial charge in [0.1, 0.15) is 17.5 Å². The van der Waals surface area contributed by atoms with E-state index in [4.69, 9.17) is 26.1 Å². The highest BCUT2D eigenvalue weighted by Crippen LogP contribution is 2.31. The maximum atomic E-state index is 13.7. The fraction of sp³-hybridized carbons (Fsp3) is 0.556. The number of ether oxygens (including phenoxy) is 2. The predicted octanol–water partition coefficient (Wildman–Crippen LogP) is 4.34. The number of aromatic nitrogens is 2. The van der Waals surface area contributed by atoms with Gasteiger partial charge in [-0.1, -0.05) is 31.4 Å². The fourth-order valence-electron chi connectivity index (χ4n) is 4.76. The zero-order valence-electron chi connectivity index (χ0n) is 21.9. The molecule has 2 aliphatic heterocycles. The van der Waals surface area contributed by atoms with Crippen molar-refractivity contribution in [1.29, 1.82) is 0 Å². The summed E-state index contributed by atoms with van der Waals surface area (Å²) in [7, 11) is 0. The normalized spacial score (nSPS) is 19.9. The zero-order valence-corrected chi connectivity index (χ0v) is 22.6. The summed E-state index contributed by atoms with van der Waals surface area (Å²) in [5.74, 6) is 0.137. The SMILES string of the molecule is CCCC[C@H]1CN(C(=O)[C@@H]2COCCN2C(=O)OC(C)(C)C)Cc2c1nc(-c1ccc(Cl)cc1)[nH]c2=O. The highest BCUT2D eigenvalue weighted by molar-refractivity contribution is 6.30. The van der Waals surface area contributed by atoms with Gasteiger partial charge in [-0.25, -0.2) is 9.78 Å². The first-order valence-corrected chi connectivity index (χ1v) is 13.2. The van der Waals surface area contributed by atoms with Crippen LogP contribution in [0.3, 0.4) is 0 Å². The van der Waals surface area contributed by atoms with Crippen molar-refractivity contribution in [3.63, 3.8) is 0 Å².